The zero-order valence-corrected chi connectivity index (χ0v) is 11.7. The van der Waals surface area contributed by atoms with Gasteiger partial charge in [0.1, 0.15) is 0 Å². The van der Waals surface area contributed by atoms with Crippen LogP contribution in [-0.4, -0.2) is 10.7 Å². The van der Waals surface area contributed by atoms with Gasteiger partial charge < -0.3 is 5.11 Å². The average molecular weight is 246 g/mol. The molecule has 100 valence electrons. The van der Waals surface area contributed by atoms with Crippen LogP contribution in [0.2, 0.25) is 0 Å². The van der Waals surface area contributed by atoms with Crippen molar-refractivity contribution in [1.29, 1.82) is 0 Å². The highest BCUT2D eigenvalue weighted by molar-refractivity contribution is 5.20. The van der Waals surface area contributed by atoms with Crippen molar-refractivity contribution < 1.29 is 5.11 Å². The lowest BCUT2D eigenvalue weighted by Crippen LogP contribution is -2.39. The van der Waals surface area contributed by atoms with Gasteiger partial charge in [0.2, 0.25) is 0 Å². The van der Waals surface area contributed by atoms with E-state index >= 15 is 0 Å². The second-order valence-electron chi connectivity index (χ2n) is 5.98. The molecule has 1 fully saturated rings. The molecule has 0 saturated heterocycles. The minimum absolute atomic E-state index is 0.401. The molecule has 1 aromatic rings. The third kappa shape index (κ3) is 2.95. The summed E-state index contributed by atoms with van der Waals surface area (Å²) in [6.07, 6.45) is 6.52. The predicted molar refractivity (Wildman–Crippen MR) is 76.7 cm³/mol. The smallest absolute Gasteiger partial charge is 0.0673 e. The largest absolute Gasteiger partial charge is 0.390 e. The first-order valence-corrected chi connectivity index (χ1v) is 7.43. The lowest BCUT2D eigenvalue weighted by molar-refractivity contribution is -0.0497. The van der Waals surface area contributed by atoms with Gasteiger partial charge in [-0.25, -0.2) is 0 Å². The maximum atomic E-state index is 10.7. The summed E-state index contributed by atoms with van der Waals surface area (Å²) in [5.41, 5.74) is 1.05. The zero-order chi connectivity index (χ0) is 13.0. The zero-order valence-electron chi connectivity index (χ0n) is 11.7. The number of hydrogen-bond donors (Lipinski definition) is 1. The van der Waals surface area contributed by atoms with Crippen molar-refractivity contribution in [2.24, 2.45) is 5.92 Å². The van der Waals surface area contributed by atoms with Gasteiger partial charge in [-0.2, -0.15) is 0 Å². The molecule has 0 heterocycles. The summed E-state index contributed by atoms with van der Waals surface area (Å²) in [7, 11) is 0. The normalized spacial score (nSPS) is 30.1. The van der Waals surface area contributed by atoms with Gasteiger partial charge in [0.15, 0.2) is 0 Å². The third-order valence-electron chi connectivity index (χ3n) is 4.76. The van der Waals surface area contributed by atoms with Crippen molar-refractivity contribution in [3.05, 3.63) is 35.9 Å². The van der Waals surface area contributed by atoms with Crippen molar-refractivity contribution in [2.45, 2.75) is 63.9 Å². The van der Waals surface area contributed by atoms with E-state index in [4.69, 9.17) is 0 Å². The summed E-state index contributed by atoms with van der Waals surface area (Å²) < 4.78 is 0. The Morgan fingerprint density at radius 2 is 1.83 bits per heavy atom. The molecule has 0 bridgehead atoms. The van der Waals surface area contributed by atoms with Crippen LogP contribution >= 0.6 is 0 Å². The second kappa shape index (κ2) is 5.88. The van der Waals surface area contributed by atoms with Gasteiger partial charge in [-0.15, -0.1) is 0 Å². The summed E-state index contributed by atoms with van der Waals surface area (Å²) >= 11 is 0. The number of benzene rings is 1. The molecule has 0 radical (unpaired) electrons. The predicted octanol–water partition coefficient (Wildman–Crippen LogP) is 4.51. The molecule has 2 rings (SSSR count). The van der Waals surface area contributed by atoms with Crippen molar-refractivity contribution in [3.63, 3.8) is 0 Å². The Morgan fingerprint density at radius 1 is 1.22 bits per heavy atom. The van der Waals surface area contributed by atoms with Crippen LogP contribution in [0.4, 0.5) is 0 Å². The van der Waals surface area contributed by atoms with Crippen molar-refractivity contribution in [3.8, 4) is 0 Å². The van der Waals surface area contributed by atoms with Crippen molar-refractivity contribution in [1.82, 2.24) is 0 Å². The molecule has 1 nitrogen and oxygen atoms in total. The first kappa shape index (κ1) is 13.6. The topological polar surface area (TPSA) is 20.2 Å². The van der Waals surface area contributed by atoms with Crippen molar-refractivity contribution >= 4 is 0 Å². The lowest BCUT2D eigenvalue weighted by atomic mass is 9.70. The van der Waals surface area contributed by atoms with Crippen LogP contribution in [-0.2, 0) is 0 Å². The van der Waals surface area contributed by atoms with Gasteiger partial charge in [-0.05, 0) is 49.5 Å². The molecule has 1 N–H and O–H groups in total. The summed E-state index contributed by atoms with van der Waals surface area (Å²) in [6.45, 7) is 4.42. The van der Waals surface area contributed by atoms with Gasteiger partial charge >= 0.3 is 0 Å². The van der Waals surface area contributed by atoms with Crippen LogP contribution in [0.5, 0.6) is 0 Å². The Labute approximate surface area is 111 Å². The third-order valence-corrected chi connectivity index (χ3v) is 4.76. The van der Waals surface area contributed by atoms with Crippen LogP contribution in [0.25, 0.3) is 0 Å². The summed E-state index contributed by atoms with van der Waals surface area (Å²) in [5, 5.41) is 10.7. The number of hydrogen-bond acceptors (Lipinski definition) is 1. The van der Waals surface area contributed by atoms with Crippen LogP contribution in [0.3, 0.4) is 0 Å². The van der Waals surface area contributed by atoms with Gasteiger partial charge in [0, 0.05) is 0 Å². The molecule has 1 unspecified atom stereocenters. The molecular formula is C17H26O. The lowest BCUT2D eigenvalue weighted by Gasteiger charge is -2.40. The summed E-state index contributed by atoms with van der Waals surface area (Å²) in [4.78, 5) is 0. The Balaban J connectivity index is 1.95. The standard InChI is InChI=1S/C17H26O/c1-3-7-14(2)17(18)12-10-16(11-13-17)15-8-5-4-6-9-15/h4-6,8-9,14,16,18H,3,7,10-13H2,1-2H3. The average Bonchev–Trinajstić information content (AvgIpc) is 2.41. The highest BCUT2D eigenvalue weighted by atomic mass is 16.3. The minimum Gasteiger partial charge on any atom is -0.390 e. The second-order valence-corrected chi connectivity index (χ2v) is 5.98. The molecule has 1 saturated carbocycles. The maximum absolute atomic E-state index is 10.7. The Bertz CT molecular complexity index is 349. The molecule has 1 aliphatic rings. The molecule has 1 aliphatic carbocycles. The van der Waals surface area contributed by atoms with E-state index in [9.17, 15) is 5.11 Å². The van der Waals surface area contributed by atoms with E-state index in [0.717, 1.165) is 32.1 Å². The Kier molecular flexibility index (Phi) is 4.45. The van der Waals surface area contributed by atoms with Crippen LogP contribution in [0.1, 0.15) is 63.9 Å². The number of rotatable bonds is 4. The van der Waals surface area contributed by atoms with Crippen LogP contribution < -0.4 is 0 Å². The quantitative estimate of drug-likeness (QED) is 0.828. The van der Waals surface area contributed by atoms with Gasteiger partial charge in [-0.3, -0.25) is 0 Å². The number of aliphatic hydroxyl groups is 1. The van der Waals surface area contributed by atoms with E-state index in [1.54, 1.807) is 0 Å². The molecule has 1 aromatic carbocycles. The van der Waals surface area contributed by atoms with Crippen LogP contribution in [0, 0.1) is 5.92 Å². The highest BCUT2D eigenvalue weighted by Crippen LogP contribution is 2.42. The summed E-state index contributed by atoms with van der Waals surface area (Å²) in [6, 6.07) is 10.8. The van der Waals surface area contributed by atoms with E-state index in [2.05, 4.69) is 44.2 Å². The van der Waals surface area contributed by atoms with Crippen LogP contribution in [0.15, 0.2) is 30.3 Å². The van der Waals surface area contributed by atoms with Crippen molar-refractivity contribution in [2.75, 3.05) is 0 Å². The molecule has 0 aromatic heterocycles. The fourth-order valence-corrected chi connectivity index (χ4v) is 3.37. The van der Waals surface area contributed by atoms with E-state index in [1.165, 1.54) is 12.0 Å². The fourth-order valence-electron chi connectivity index (χ4n) is 3.37. The van der Waals surface area contributed by atoms with E-state index < -0.39 is 5.60 Å². The Morgan fingerprint density at radius 3 is 2.39 bits per heavy atom. The summed E-state index contributed by atoms with van der Waals surface area (Å²) in [5.74, 6) is 1.10. The first-order valence-electron chi connectivity index (χ1n) is 7.43. The SMILES string of the molecule is CCCC(C)C1(O)CCC(c2ccccc2)CC1. The van der Waals surface area contributed by atoms with Gasteiger partial charge in [-0.1, -0.05) is 50.6 Å². The molecule has 0 aliphatic heterocycles. The fraction of sp³-hybridized carbons (Fsp3) is 0.647. The van der Waals surface area contributed by atoms with Gasteiger partial charge in [0.05, 0.1) is 5.60 Å². The minimum atomic E-state index is -0.401. The highest BCUT2D eigenvalue weighted by Gasteiger charge is 2.37. The van der Waals surface area contributed by atoms with Gasteiger partial charge in [0.25, 0.3) is 0 Å². The molecule has 0 spiro atoms. The van der Waals surface area contributed by atoms with E-state index in [-0.39, 0.29) is 0 Å². The first-order chi connectivity index (χ1) is 8.65. The molecule has 18 heavy (non-hydrogen) atoms. The maximum Gasteiger partial charge on any atom is 0.0673 e. The monoisotopic (exact) mass is 246 g/mol. The molecule has 0 amide bonds. The van der Waals surface area contributed by atoms with E-state index in [1.807, 2.05) is 0 Å². The molecule has 1 heteroatoms. The molecular weight excluding hydrogens is 220 g/mol. The molecule has 1 atom stereocenters. The Hall–Kier alpha value is -0.820. The van der Waals surface area contributed by atoms with E-state index in [0.29, 0.717) is 11.8 Å².